The molecule has 1 N–H and O–H groups in total. The molecular weight excluding hydrogens is 362 g/mol. The number of nitrogens with zero attached hydrogens (tertiary/aromatic N) is 2. The van der Waals surface area contributed by atoms with Crippen molar-refractivity contribution in [3.8, 4) is 11.5 Å². The van der Waals surface area contributed by atoms with Gasteiger partial charge in [-0.1, -0.05) is 17.7 Å². The van der Waals surface area contributed by atoms with Gasteiger partial charge < -0.3 is 9.47 Å². The number of ether oxygens (including phenoxy) is 2. The molecule has 8 nitrogen and oxygen atoms in total. The van der Waals surface area contributed by atoms with E-state index in [9.17, 15) is 14.9 Å². The van der Waals surface area contributed by atoms with Gasteiger partial charge in [0.1, 0.15) is 0 Å². The molecule has 26 heavy (non-hydrogen) atoms. The molecule has 0 radical (unpaired) electrons. The van der Waals surface area contributed by atoms with Crippen LogP contribution in [-0.2, 0) is 0 Å². The third kappa shape index (κ3) is 4.70. The average Bonchev–Trinajstić information content (AvgIpc) is 2.63. The minimum absolute atomic E-state index is 0.124. The highest BCUT2D eigenvalue weighted by atomic mass is 35.5. The Balaban J connectivity index is 2.13. The Morgan fingerprint density at radius 2 is 2.15 bits per heavy atom. The minimum Gasteiger partial charge on any atom is -0.493 e. The fourth-order valence-electron chi connectivity index (χ4n) is 2.09. The number of nitro benzene ring substituents is 1. The summed E-state index contributed by atoms with van der Waals surface area (Å²) in [5.74, 6) is 0.286. The normalized spacial score (nSPS) is 10.6. The molecule has 0 spiro atoms. The summed E-state index contributed by atoms with van der Waals surface area (Å²) in [7, 11) is 1.49. The van der Waals surface area contributed by atoms with E-state index in [-0.39, 0.29) is 11.3 Å². The fraction of sp³-hybridized carbons (Fsp3) is 0.176. The van der Waals surface area contributed by atoms with Crippen molar-refractivity contribution >= 4 is 29.4 Å². The highest BCUT2D eigenvalue weighted by Gasteiger charge is 2.12. The van der Waals surface area contributed by atoms with Crippen molar-refractivity contribution in [3.05, 3.63) is 62.7 Å². The van der Waals surface area contributed by atoms with E-state index in [0.29, 0.717) is 28.7 Å². The van der Waals surface area contributed by atoms with E-state index in [1.165, 1.54) is 37.6 Å². The van der Waals surface area contributed by atoms with Crippen LogP contribution in [0.3, 0.4) is 0 Å². The third-order valence-electron chi connectivity index (χ3n) is 3.24. The minimum atomic E-state index is -0.575. The molecule has 0 saturated heterocycles. The number of nitrogens with one attached hydrogen (secondary N) is 1. The second-order valence-corrected chi connectivity index (χ2v) is 5.38. The summed E-state index contributed by atoms with van der Waals surface area (Å²) in [6, 6.07) is 8.61. The van der Waals surface area contributed by atoms with Crippen LogP contribution in [0.25, 0.3) is 0 Å². The summed E-state index contributed by atoms with van der Waals surface area (Å²) < 4.78 is 10.6. The van der Waals surface area contributed by atoms with Gasteiger partial charge in [-0.15, -0.1) is 0 Å². The van der Waals surface area contributed by atoms with Crippen molar-refractivity contribution in [2.24, 2.45) is 5.10 Å². The van der Waals surface area contributed by atoms with Crippen molar-refractivity contribution in [2.75, 3.05) is 13.7 Å². The summed E-state index contributed by atoms with van der Waals surface area (Å²) in [5, 5.41) is 14.9. The molecule has 9 heteroatoms. The van der Waals surface area contributed by atoms with Gasteiger partial charge in [-0.3, -0.25) is 14.9 Å². The van der Waals surface area contributed by atoms with Gasteiger partial charge in [-0.05, 0) is 30.7 Å². The molecule has 1 amide bonds. The number of amides is 1. The summed E-state index contributed by atoms with van der Waals surface area (Å²) in [6.45, 7) is 2.26. The van der Waals surface area contributed by atoms with Gasteiger partial charge in [0.2, 0.25) is 0 Å². The number of carbonyl (C=O) groups excluding carboxylic acids is 1. The molecule has 0 aliphatic carbocycles. The van der Waals surface area contributed by atoms with E-state index >= 15 is 0 Å². The van der Waals surface area contributed by atoms with Crippen LogP contribution >= 0.6 is 11.6 Å². The highest BCUT2D eigenvalue weighted by molar-refractivity contribution is 6.32. The van der Waals surface area contributed by atoms with Crippen LogP contribution in [-0.4, -0.2) is 30.8 Å². The lowest BCUT2D eigenvalue weighted by molar-refractivity contribution is -0.384. The third-order valence-corrected chi connectivity index (χ3v) is 3.52. The van der Waals surface area contributed by atoms with Crippen molar-refractivity contribution in [1.29, 1.82) is 0 Å². The fourth-order valence-corrected chi connectivity index (χ4v) is 2.36. The average molecular weight is 378 g/mol. The maximum absolute atomic E-state index is 12.0. The number of halogens is 1. The van der Waals surface area contributed by atoms with Gasteiger partial charge in [0.05, 0.1) is 29.9 Å². The zero-order valence-electron chi connectivity index (χ0n) is 14.1. The SMILES string of the molecule is CCOc1c(Cl)cc(/C=N/NC(=O)c2cccc([N+](=O)[O-])c2)cc1OC. The number of nitro groups is 1. The molecular formula is C17H16ClN3O5. The number of non-ortho nitro benzene ring substituents is 1. The summed E-state index contributed by atoms with van der Waals surface area (Å²) in [5.41, 5.74) is 2.83. The number of methoxy groups -OCH3 is 1. The second-order valence-electron chi connectivity index (χ2n) is 4.97. The molecule has 0 fully saturated rings. The molecule has 0 aromatic heterocycles. The first-order chi connectivity index (χ1) is 12.5. The first kappa shape index (κ1) is 19.2. The van der Waals surface area contributed by atoms with Crippen LogP contribution in [0.2, 0.25) is 5.02 Å². The molecule has 0 saturated carbocycles. The van der Waals surface area contributed by atoms with E-state index in [4.69, 9.17) is 21.1 Å². The maximum Gasteiger partial charge on any atom is 0.271 e. The van der Waals surface area contributed by atoms with E-state index in [0.717, 1.165) is 0 Å². The number of carbonyl (C=O) groups is 1. The summed E-state index contributed by atoms with van der Waals surface area (Å²) in [4.78, 5) is 22.2. The molecule has 2 aromatic rings. The van der Waals surface area contributed by atoms with E-state index < -0.39 is 10.8 Å². The first-order valence-electron chi connectivity index (χ1n) is 7.54. The van der Waals surface area contributed by atoms with Crippen LogP contribution in [0.1, 0.15) is 22.8 Å². The lowest BCUT2D eigenvalue weighted by atomic mass is 10.2. The molecule has 2 aromatic carbocycles. The van der Waals surface area contributed by atoms with Gasteiger partial charge in [0, 0.05) is 17.7 Å². The molecule has 136 valence electrons. The predicted octanol–water partition coefficient (Wildman–Crippen LogP) is 3.42. The number of benzene rings is 2. The standard InChI is InChI=1S/C17H16ClN3O5/c1-3-26-16-14(18)7-11(8-15(16)25-2)10-19-20-17(22)12-5-4-6-13(9-12)21(23)24/h4-10H,3H2,1-2H3,(H,20,22)/b19-10+. The Hall–Kier alpha value is -3.13. The lowest BCUT2D eigenvalue weighted by Crippen LogP contribution is -2.17. The molecule has 2 rings (SSSR count). The monoisotopic (exact) mass is 377 g/mol. The van der Waals surface area contributed by atoms with Gasteiger partial charge in [-0.2, -0.15) is 5.10 Å². The Morgan fingerprint density at radius 1 is 1.38 bits per heavy atom. The highest BCUT2D eigenvalue weighted by Crippen LogP contribution is 2.35. The van der Waals surface area contributed by atoms with Crippen molar-refractivity contribution < 1.29 is 19.2 Å². The molecule has 0 bridgehead atoms. The number of hydrogen-bond acceptors (Lipinski definition) is 6. The van der Waals surface area contributed by atoms with Crippen molar-refractivity contribution in [2.45, 2.75) is 6.92 Å². The van der Waals surface area contributed by atoms with Gasteiger partial charge in [0.25, 0.3) is 11.6 Å². The van der Waals surface area contributed by atoms with E-state index in [1.807, 2.05) is 6.92 Å². The molecule has 0 aliphatic heterocycles. The van der Waals surface area contributed by atoms with Gasteiger partial charge in [-0.25, -0.2) is 5.43 Å². The molecule has 0 aliphatic rings. The quantitative estimate of drug-likeness (QED) is 0.452. The van der Waals surface area contributed by atoms with Crippen LogP contribution in [0.4, 0.5) is 5.69 Å². The first-order valence-corrected chi connectivity index (χ1v) is 7.92. The zero-order chi connectivity index (χ0) is 19.1. The van der Waals surface area contributed by atoms with Crippen LogP contribution in [0.5, 0.6) is 11.5 Å². The number of hydrogen-bond donors (Lipinski definition) is 1. The van der Waals surface area contributed by atoms with E-state index in [2.05, 4.69) is 10.5 Å². The van der Waals surface area contributed by atoms with Crippen molar-refractivity contribution in [1.82, 2.24) is 5.43 Å². The van der Waals surface area contributed by atoms with Crippen LogP contribution in [0.15, 0.2) is 41.5 Å². The molecule has 0 atom stereocenters. The van der Waals surface area contributed by atoms with Crippen LogP contribution in [0, 0.1) is 10.1 Å². The second kappa shape index (κ2) is 8.82. The van der Waals surface area contributed by atoms with Crippen molar-refractivity contribution in [3.63, 3.8) is 0 Å². The molecule has 0 heterocycles. The Kier molecular flexibility index (Phi) is 6.51. The zero-order valence-corrected chi connectivity index (χ0v) is 14.8. The Labute approximate surface area is 154 Å². The van der Waals surface area contributed by atoms with Gasteiger partial charge >= 0.3 is 0 Å². The number of hydrazone groups is 1. The smallest absolute Gasteiger partial charge is 0.271 e. The predicted molar refractivity (Wildman–Crippen MR) is 97.3 cm³/mol. The number of rotatable bonds is 7. The summed E-state index contributed by atoms with van der Waals surface area (Å²) >= 11 is 6.16. The maximum atomic E-state index is 12.0. The molecule has 0 unspecified atom stereocenters. The Bertz CT molecular complexity index is 854. The van der Waals surface area contributed by atoms with Gasteiger partial charge in [0.15, 0.2) is 11.5 Å². The van der Waals surface area contributed by atoms with Crippen LogP contribution < -0.4 is 14.9 Å². The van der Waals surface area contributed by atoms with E-state index in [1.54, 1.807) is 12.1 Å². The topological polar surface area (TPSA) is 103 Å². The summed E-state index contributed by atoms with van der Waals surface area (Å²) in [6.07, 6.45) is 1.37. The lowest BCUT2D eigenvalue weighted by Gasteiger charge is -2.11. The largest absolute Gasteiger partial charge is 0.493 e. The Morgan fingerprint density at radius 3 is 2.81 bits per heavy atom.